The van der Waals surface area contributed by atoms with Gasteiger partial charge in [0.05, 0.1) is 6.04 Å². The Hall–Kier alpha value is -15.7. The molecule has 0 aliphatic rings. The first-order chi connectivity index (χ1) is 62.2. The molecule has 6 heterocycles. The fourth-order valence-corrected chi connectivity index (χ4v) is 15.9. The molecular formula is C90H111N29O10. The van der Waals surface area contributed by atoms with Crippen molar-refractivity contribution in [3.8, 4) is 0 Å². The van der Waals surface area contributed by atoms with Gasteiger partial charge in [-0.05, 0) is 121 Å². The molecule has 12 aromatic rings. The van der Waals surface area contributed by atoms with Crippen molar-refractivity contribution in [2.24, 2.45) is 34.4 Å². The molecule has 0 saturated heterocycles. The van der Waals surface area contributed by atoms with E-state index in [9.17, 15) is 14.4 Å². The summed E-state index contributed by atoms with van der Waals surface area (Å²) in [5, 5.41) is 72.3. The van der Waals surface area contributed by atoms with Crippen LogP contribution in [0.3, 0.4) is 0 Å². The number of amides is 10. The third kappa shape index (κ3) is 25.3. The molecule has 0 saturated carbocycles. The van der Waals surface area contributed by atoms with E-state index in [1.165, 1.54) is 0 Å². The summed E-state index contributed by atoms with van der Waals surface area (Å²) in [6.45, 7) is 0.319. The average molecular weight is 1760 g/mol. The van der Waals surface area contributed by atoms with Gasteiger partial charge in [0, 0.05) is 167 Å². The minimum absolute atomic E-state index is 0.0123. The summed E-state index contributed by atoms with van der Waals surface area (Å²) in [7, 11) is 0. The van der Waals surface area contributed by atoms with Crippen molar-refractivity contribution in [3.05, 3.63) is 216 Å². The van der Waals surface area contributed by atoms with Crippen LogP contribution in [-0.2, 0) is 86.5 Å². The number of hydrogen-bond donors (Lipinski definition) is 29. The van der Waals surface area contributed by atoms with Gasteiger partial charge >= 0.3 is 0 Å². The maximum absolute atomic E-state index is 16.0. The standard InChI is InChI=1S/C90H111N29O10/c91-61(23-13-33-101-87(93)94)78(121)115-72(38-50-44-106-63-25-8-2-18-56(50)63)85(128)118-73(39-51-45-107-64-26-9-3-19-57(51)64)83(126)113-70(32-16-36-104-90(99)100)81(124)117-76(42-54-48-110-67-29-12-6-22-60(54)67)86(129)119-74(40-52-46-108-65-27-10-4-20-58(52)65)82(125)112-68(30-14-34-102-88(95)96)79(122)111-69(31-15-35-103-89(97)98)80(123)116-75(41-53-47-109-66-28-11-5-21-59(53)66)84(127)114-71(77(92)120)37-49-43-105-62-24-7-1-17-55(49)62/h1-12,17-22,24-29,43-48,61,68-76,105-110H,13-16,23,30-42,91H2,(H2,92,120)(H,111,122)(H,112,125)(H,113,126)(H,114,127)(H,115,121)(H,116,123)(H,117,124)(H,118,128)(H,119,129)(H4,93,94,101)(H4,95,96,102)(H4,97,98,103)(H4,99,100,104)/t61-,68-,69-,70-,71-,72-,73-,74-,75-,76-/m0/s1. The van der Waals surface area contributed by atoms with Crippen molar-refractivity contribution in [1.29, 1.82) is 21.6 Å². The molecule has 0 aliphatic carbocycles. The number of aromatic amines is 6. The summed E-state index contributed by atoms with van der Waals surface area (Å²) >= 11 is 0. The fraction of sp³-hybridized carbons (Fsp3) is 0.311. The Bertz CT molecular complexity index is 6040. The van der Waals surface area contributed by atoms with Crippen LogP contribution in [0.25, 0.3) is 65.4 Å². The van der Waals surface area contributed by atoms with E-state index in [0.29, 0.717) is 72.5 Å². The Kier molecular flexibility index (Phi) is 31.7. The number of aromatic nitrogens is 6. The van der Waals surface area contributed by atoms with Gasteiger partial charge in [-0.3, -0.25) is 69.6 Å². The highest BCUT2D eigenvalue weighted by molar-refractivity contribution is 6.01. The lowest BCUT2D eigenvalue weighted by Gasteiger charge is -2.29. The lowest BCUT2D eigenvalue weighted by atomic mass is 9.99. The van der Waals surface area contributed by atoms with Gasteiger partial charge in [0.15, 0.2) is 23.8 Å². The van der Waals surface area contributed by atoms with Crippen LogP contribution in [0.15, 0.2) is 183 Å². The molecule has 0 unspecified atom stereocenters. The number of hydrogen-bond acceptors (Lipinski definition) is 15. The molecule has 39 heteroatoms. The third-order valence-electron chi connectivity index (χ3n) is 22.6. The maximum Gasteiger partial charge on any atom is 0.243 e. The van der Waals surface area contributed by atoms with Crippen molar-refractivity contribution >= 4 is 148 Å². The topological polar surface area (TPSA) is 673 Å². The largest absolute Gasteiger partial charge is 0.370 e. The van der Waals surface area contributed by atoms with Crippen LogP contribution in [0.1, 0.15) is 84.7 Å². The van der Waals surface area contributed by atoms with E-state index in [-0.39, 0.29) is 128 Å². The van der Waals surface area contributed by atoms with E-state index in [1.54, 1.807) is 79.6 Å². The van der Waals surface area contributed by atoms with Crippen molar-refractivity contribution in [2.75, 3.05) is 26.2 Å². The van der Waals surface area contributed by atoms with E-state index < -0.39 is 125 Å². The highest BCUT2D eigenvalue weighted by Crippen LogP contribution is 2.27. The van der Waals surface area contributed by atoms with Crippen LogP contribution < -0.4 is 104 Å². The molecule has 0 bridgehead atoms. The number of guanidine groups is 4. The Balaban J connectivity index is 0.849. The van der Waals surface area contributed by atoms with E-state index in [4.69, 9.17) is 56.0 Å². The molecule has 12 rings (SSSR count). The fourth-order valence-electron chi connectivity index (χ4n) is 15.9. The normalized spacial score (nSPS) is 13.7. The molecule has 6 aromatic carbocycles. The van der Waals surface area contributed by atoms with Crippen molar-refractivity contribution in [2.45, 2.75) is 150 Å². The summed E-state index contributed by atoms with van der Waals surface area (Å²) in [6, 6.07) is 29.2. The highest BCUT2D eigenvalue weighted by atomic mass is 16.2. The van der Waals surface area contributed by atoms with Crippen LogP contribution in [0, 0.1) is 21.6 Å². The molecule has 10 atom stereocenters. The second kappa shape index (κ2) is 44.3. The van der Waals surface area contributed by atoms with Gasteiger partial charge in [0.2, 0.25) is 59.1 Å². The number of fused-ring (bicyclic) bond motifs is 6. The molecule has 10 amide bonds. The molecule has 39 nitrogen and oxygen atoms in total. The quantitative estimate of drug-likeness (QED) is 0.0146. The molecule has 35 N–H and O–H groups in total. The van der Waals surface area contributed by atoms with Gasteiger partial charge in [0.1, 0.15) is 54.4 Å². The number of rotatable bonds is 47. The maximum atomic E-state index is 16.0. The zero-order valence-electron chi connectivity index (χ0n) is 70.9. The van der Waals surface area contributed by atoms with Crippen molar-refractivity contribution < 1.29 is 47.9 Å². The Morgan fingerprint density at radius 2 is 0.426 bits per heavy atom. The van der Waals surface area contributed by atoms with Gasteiger partial charge in [-0.25, -0.2) is 0 Å². The van der Waals surface area contributed by atoms with Gasteiger partial charge < -0.3 is 133 Å². The monoisotopic (exact) mass is 1760 g/mol. The minimum Gasteiger partial charge on any atom is -0.370 e. The van der Waals surface area contributed by atoms with E-state index in [0.717, 1.165) is 32.7 Å². The lowest BCUT2D eigenvalue weighted by molar-refractivity contribution is -0.136. The summed E-state index contributed by atoms with van der Waals surface area (Å²) in [5.74, 6) is -10.00. The number of nitrogens with one attached hydrogen (secondary N) is 23. The van der Waals surface area contributed by atoms with Crippen molar-refractivity contribution in [1.82, 2.24) is 99.0 Å². The molecule has 0 radical (unpaired) electrons. The minimum atomic E-state index is -1.61. The smallest absolute Gasteiger partial charge is 0.243 e. The first-order valence-corrected chi connectivity index (χ1v) is 42.6. The van der Waals surface area contributed by atoms with E-state index in [2.05, 4.69) is 99.0 Å². The van der Waals surface area contributed by atoms with Crippen LogP contribution in [-0.4, -0.2) is 199 Å². The first-order valence-electron chi connectivity index (χ1n) is 42.6. The number of carbonyl (C=O) groups excluding carboxylic acids is 10. The third-order valence-corrected chi connectivity index (χ3v) is 22.6. The number of H-pyrrole nitrogens is 6. The second-order valence-corrected chi connectivity index (χ2v) is 31.9. The summed E-state index contributed by atoms with van der Waals surface area (Å²) < 4.78 is 0. The molecule has 129 heavy (non-hydrogen) atoms. The molecule has 6 aromatic heterocycles. The lowest BCUT2D eigenvalue weighted by Crippen LogP contribution is -2.61. The summed E-state index contributed by atoms with van der Waals surface area (Å²) in [6.07, 6.45) is 9.36. The number of primary amides is 1. The predicted molar refractivity (Wildman–Crippen MR) is 493 cm³/mol. The average Bonchev–Trinajstić information content (AvgIpc) is 1.64. The van der Waals surface area contributed by atoms with Crippen LogP contribution in [0.2, 0.25) is 0 Å². The summed E-state index contributed by atoms with van der Waals surface area (Å²) in [5.41, 5.74) is 43.0. The molecule has 0 spiro atoms. The Morgan fingerprint density at radius 3 is 0.643 bits per heavy atom. The van der Waals surface area contributed by atoms with Crippen LogP contribution in [0.5, 0.6) is 0 Å². The van der Waals surface area contributed by atoms with Gasteiger partial charge in [0.25, 0.3) is 0 Å². The highest BCUT2D eigenvalue weighted by Gasteiger charge is 2.38. The number of carbonyl (C=O) groups is 10. The van der Waals surface area contributed by atoms with Gasteiger partial charge in [-0.1, -0.05) is 109 Å². The first kappa shape index (κ1) is 92.5. The summed E-state index contributed by atoms with van der Waals surface area (Å²) in [4.78, 5) is 171. The van der Waals surface area contributed by atoms with Crippen molar-refractivity contribution in [3.63, 3.8) is 0 Å². The zero-order valence-corrected chi connectivity index (χ0v) is 70.9. The number of para-hydroxylation sites is 6. The Morgan fingerprint density at radius 1 is 0.248 bits per heavy atom. The Labute approximate surface area is 740 Å². The molecule has 0 aliphatic heterocycles. The SMILES string of the molecule is N=C(N)NCCC[C@H](NC(=O)[C@H](CCCNC(=N)N)NC(=O)[C@H](Cc1c[nH]c2ccccc12)NC(=O)[C@H](Cc1c[nH]c2ccccc12)NC(=O)[C@H](CCCNC(=N)N)NC(=O)[C@H](Cc1c[nH]c2ccccc12)NC(=O)[C@H](Cc1c[nH]c2ccccc12)NC(=O)[C@@H](N)CCCNC(=N)N)C(=O)N[C@@H](Cc1c[nH]c2ccccc12)C(=O)N[C@@H](Cc1c[nH]c2ccccc12)C(N)=O. The van der Waals surface area contributed by atoms with Gasteiger partial charge in [-0.15, -0.1) is 0 Å². The zero-order chi connectivity index (χ0) is 91.6. The van der Waals surface area contributed by atoms with E-state index in [1.807, 2.05) is 103 Å². The molecule has 0 fully saturated rings. The number of nitrogens with two attached hydrogens (primary N) is 6. The second-order valence-electron chi connectivity index (χ2n) is 31.9. The van der Waals surface area contributed by atoms with Crippen LogP contribution in [0.4, 0.5) is 0 Å². The predicted octanol–water partition coefficient (Wildman–Crippen LogP) is 1.56. The molecular weight excluding hydrogens is 1650 g/mol. The molecule has 676 valence electrons. The van der Waals surface area contributed by atoms with Gasteiger partial charge in [-0.2, -0.15) is 0 Å². The number of benzene rings is 6. The van der Waals surface area contributed by atoms with E-state index >= 15 is 33.6 Å². The van der Waals surface area contributed by atoms with Crippen LogP contribution >= 0.6 is 0 Å².